The molecule has 0 aliphatic heterocycles. The third-order valence-corrected chi connectivity index (χ3v) is 10.1. The van der Waals surface area contributed by atoms with E-state index in [-0.39, 0.29) is 0 Å². The van der Waals surface area contributed by atoms with E-state index >= 15 is 0 Å². The molecule has 0 aliphatic carbocycles. The number of hydrogen-bond acceptors (Lipinski definition) is 4. The average molecular weight is 661 g/mol. The average Bonchev–Trinajstić information content (AvgIpc) is 3.98. The Kier molecular flexibility index (Phi) is 6.42. The monoisotopic (exact) mass is 660 g/mol. The number of fused-ring (bicyclic) bond motifs is 6. The molecule has 6 nitrogen and oxygen atoms in total. The molecule has 0 aliphatic rings. The van der Waals surface area contributed by atoms with Crippen molar-refractivity contribution < 1.29 is 8.83 Å². The van der Waals surface area contributed by atoms with Gasteiger partial charge in [0.1, 0.15) is 22.5 Å². The molecular formula is C45H32N4O2. The van der Waals surface area contributed by atoms with Gasteiger partial charge in [-0.2, -0.15) is 10.2 Å². The highest BCUT2D eigenvalue weighted by molar-refractivity contribution is 6.08. The molecule has 0 bridgehead atoms. The first-order valence-corrected chi connectivity index (χ1v) is 17.2. The largest absolute Gasteiger partial charge is 0.454 e. The van der Waals surface area contributed by atoms with Crippen LogP contribution in [0.3, 0.4) is 0 Å². The van der Waals surface area contributed by atoms with Gasteiger partial charge >= 0.3 is 0 Å². The lowest BCUT2D eigenvalue weighted by Crippen LogP contribution is -2.21. The third-order valence-electron chi connectivity index (χ3n) is 10.1. The summed E-state index contributed by atoms with van der Waals surface area (Å²) in [6.45, 7) is 4.39. The number of furan rings is 2. The Hall–Kier alpha value is -6.66. The number of hydrogen-bond donors (Lipinski definition) is 0. The van der Waals surface area contributed by atoms with E-state index in [0.717, 1.165) is 89.2 Å². The highest BCUT2D eigenvalue weighted by Gasteiger charge is 2.33. The summed E-state index contributed by atoms with van der Waals surface area (Å²) in [5.41, 5.74) is 10.3. The van der Waals surface area contributed by atoms with Crippen LogP contribution in [0.4, 0.5) is 0 Å². The van der Waals surface area contributed by atoms with Crippen LogP contribution < -0.4 is 0 Å². The summed E-state index contributed by atoms with van der Waals surface area (Å²) in [7, 11) is 0. The minimum Gasteiger partial charge on any atom is -0.454 e. The number of nitrogens with zero attached hydrogens (tertiary/aromatic N) is 4. The van der Waals surface area contributed by atoms with E-state index in [0.29, 0.717) is 0 Å². The van der Waals surface area contributed by atoms with Crippen LogP contribution in [0.5, 0.6) is 0 Å². The van der Waals surface area contributed by atoms with Crippen LogP contribution in [0.2, 0.25) is 0 Å². The molecule has 0 unspecified atom stereocenters. The summed E-state index contributed by atoms with van der Waals surface area (Å²) >= 11 is 0. The molecule has 6 aromatic carbocycles. The summed E-state index contributed by atoms with van der Waals surface area (Å²) < 4.78 is 17.1. The number of rotatable bonds is 6. The van der Waals surface area contributed by atoms with Crippen molar-refractivity contribution in [3.63, 3.8) is 0 Å². The topological polar surface area (TPSA) is 61.9 Å². The van der Waals surface area contributed by atoms with Crippen molar-refractivity contribution >= 4 is 43.9 Å². The maximum Gasteiger partial charge on any atom is 0.161 e. The van der Waals surface area contributed by atoms with Gasteiger partial charge in [0.2, 0.25) is 0 Å². The Morgan fingerprint density at radius 2 is 0.824 bits per heavy atom. The number of benzene rings is 6. The summed E-state index contributed by atoms with van der Waals surface area (Å²) in [5.74, 6) is 0. The predicted molar refractivity (Wildman–Crippen MR) is 205 cm³/mol. The van der Waals surface area contributed by atoms with E-state index in [9.17, 15) is 0 Å². The second kappa shape index (κ2) is 11.2. The van der Waals surface area contributed by atoms with Crippen LogP contribution in [0.1, 0.15) is 25.2 Å². The zero-order valence-electron chi connectivity index (χ0n) is 28.1. The van der Waals surface area contributed by atoms with Crippen molar-refractivity contribution in [2.24, 2.45) is 0 Å². The molecule has 6 heteroatoms. The fraction of sp³-hybridized carbons (Fsp3) is 0.0667. The Bertz CT molecular complexity index is 2690. The summed E-state index contributed by atoms with van der Waals surface area (Å²) in [6.07, 6.45) is 0. The van der Waals surface area contributed by atoms with Crippen LogP contribution in [-0.4, -0.2) is 19.6 Å². The number of aromatic nitrogens is 4. The lowest BCUT2D eigenvalue weighted by molar-refractivity contribution is 0.575. The first-order valence-electron chi connectivity index (χ1n) is 17.2. The van der Waals surface area contributed by atoms with Crippen molar-refractivity contribution in [2.75, 3.05) is 0 Å². The van der Waals surface area contributed by atoms with E-state index in [1.165, 1.54) is 0 Å². The molecule has 0 fully saturated rings. The maximum absolute atomic E-state index is 6.50. The molecule has 10 aromatic rings. The van der Waals surface area contributed by atoms with Crippen molar-refractivity contribution in [1.82, 2.24) is 19.6 Å². The van der Waals surface area contributed by atoms with Crippen molar-refractivity contribution in [3.8, 4) is 33.9 Å². The number of para-hydroxylation sites is 4. The molecule has 4 heterocycles. The van der Waals surface area contributed by atoms with Crippen LogP contribution in [0.25, 0.3) is 77.8 Å². The van der Waals surface area contributed by atoms with Gasteiger partial charge < -0.3 is 8.83 Å². The predicted octanol–water partition coefficient (Wildman–Crippen LogP) is 11.5. The van der Waals surface area contributed by atoms with Gasteiger partial charge in [-0.15, -0.1) is 0 Å². The van der Waals surface area contributed by atoms with E-state index in [2.05, 4.69) is 123 Å². The van der Waals surface area contributed by atoms with E-state index in [1.807, 2.05) is 57.9 Å². The summed E-state index contributed by atoms with van der Waals surface area (Å²) in [6, 6.07) is 54.1. The molecule has 0 saturated carbocycles. The van der Waals surface area contributed by atoms with Crippen molar-refractivity contribution in [3.05, 3.63) is 169 Å². The molecular weight excluding hydrogens is 629 g/mol. The van der Waals surface area contributed by atoms with Gasteiger partial charge in [-0.3, -0.25) is 0 Å². The highest BCUT2D eigenvalue weighted by atomic mass is 16.3. The normalized spacial score (nSPS) is 12.1. The standard InChI is InChI=1S/C45H32N4O2/c1-45(2,41-27-37(29-15-5-3-6-16-29)48(46-41)35-23-13-21-33-31-19-9-11-25-39(31)50-43(33)35)42-28-38(30-17-7-4-8-18-30)49(47-42)36-24-14-22-34-32-20-10-12-26-40(32)51-44(34)36/h3-28H,1-2H3. The van der Waals surface area contributed by atoms with Gasteiger partial charge in [-0.1, -0.05) is 121 Å². The van der Waals surface area contributed by atoms with Gasteiger partial charge in [0.25, 0.3) is 0 Å². The lowest BCUT2D eigenvalue weighted by atomic mass is 9.85. The third kappa shape index (κ3) is 4.57. The van der Waals surface area contributed by atoms with Crippen LogP contribution in [0, 0.1) is 0 Å². The second-order valence-corrected chi connectivity index (χ2v) is 13.5. The Labute approximate surface area is 293 Å². The Morgan fingerprint density at radius 1 is 0.431 bits per heavy atom. The molecule has 0 saturated heterocycles. The highest BCUT2D eigenvalue weighted by Crippen LogP contribution is 2.40. The zero-order valence-corrected chi connectivity index (χ0v) is 28.1. The van der Waals surface area contributed by atoms with Crippen molar-refractivity contribution in [1.29, 1.82) is 0 Å². The maximum atomic E-state index is 6.50. The smallest absolute Gasteiger partial charge is 0.161 e. The summed E-state index contributed by atoms with van der Waals surface area (Å²) in [4.78, 5) is 0. The lowest BCUT2D eigenvalue weighted by Gasteiger charge is -2.19. The van der Waals surface area contributed by atoms with Gasteiger partial charge in [0, 0.05) is 32.7 Å². The minimum absolute atomic E-state index is 0.590. The second-order valence-electron chi connectivity index (χ2n) is 13.5. The van der Waals surface area contributed by atoms with E-state index < -0.39 is 5.41 Å². The quantitative estimate of drug-likeness (QED) is 0.178. The van der Waals surface area contributed by atoms with Gasteiger partial charge in [0.15, 0.2) is 11.2 Å². The SMILES string of the molecule is CC(C)(c1cc(-c2ccccc2)n(-c2cccc3c2oc2ccccc23)n1)c1cc(-c2ccccc2)n(-c2cccc3c2oc2ccccc23)n1. The van der Waals surface area contributed by atoms with Crippen LogP contribution in [0.15, 0.2) is 167 Å². The molecule has 0 N–H and O–H groups in total. The van der Waals surface area contributed by atoms with Gasteiger partial charge in [-0.25, -0.2) is 9.36 Å². The molecule has 0 atom stereocenters. The Morgan fingerprint density at radius 3 is 1.27 bits per heavy atom. The molecule has 4 aromatic heterocycles. The van der Waals surface area contributed by atoms with Crippen molar-refractivity contribution in [2.45, 2.75) is 19.3 Å². The Balaban J connectivity index is 1.18. The van der Waals surface area contributed by atoms with Crippen LogP contribution in [-0.2, 0) is 5.41 Å². The van der Waals surface area contributed by atoms with Gasteiger partial charge in [-0.05, 0) is 50.2 Å². The minimum atomic E-state index is -0.590. The molecule has 0 amide bonds. The zero-order chi connectivity index (χ0) is 34.1. The first-order chi connectivity index (χ1) is 25.0. The summed E-state index contributed by atoms with van der Waals surface area (Å²) in [5, 5.41) is 15.0. The van der Waals surface area contributed by atoms with E-state index in [4.69, 9.17) is 19.0 Å². The molecule has 244 valence electrons. The fourth-order valence-electron chi connectivity index (χ4n) is 7.30. The first kappa shape index (κ1) is 29.3. The molecule has 0 spiro atoms. The molecule has 10 rings (SSSR count). The fourth-order valence-corrected chi connectivity index (χ4v) is 7.30. The molecule has 51 heavy (non-hydrogen) atoms. The van der Waals surface area contributed by atoms with Crippen LogP contribution >= 0.6 is 0 Å². The van der Waals surface area contributed by atoms with E-state index in [1.54, 1.807) is 0 Å². The molecule has 0 radical (unpaired) electrons. The van der Waals surface area contributed by atoms with Gasteiger partial charge in [0.05, 0.1) is 28.2 Å².